The highest BCUT2D eigenvalue weighted by Crippen LogP contribution is 2.63. The molecule has 306 valence electrons. The van der Waals surface area contributed by atoms with Gasteiger partial charge in [0.25, 0.3) is 0 Å². The van der Waals surface area contributed by atoms with E-state index in [-0.39, 0.29) is 17.4 Å². The number of rotatable bonds is 9. The first-order valence-corrected chi connectivity index (χ1v) is 21.9. The van der Waals surface area contributed by atoms with Crippen molar-refractivity contribution in [1.29, 1.82) is 0 Å². The SMILES string of the molecule is COC(=O)C=Cc1ccc(-c2ccc(O)c(C34CC5CC(CC(C5)C3)C4)c2)cc1.COC(=O)C=Cc1ccc(-c2ccc(OC)c(C34CC5CC(CC(C5)C3)C4)c2)cc1. The average molecular weight is 791 g/mol. The minimum atomic E-state index is -0.354. The van der Waals surface area contributed by atoms with Gasteiger partial charge in [0.1, 0.15) is 11.5 Å². The number of ether oxygens (including phenoxy) is 3. The van der Waals surface area contributed by atoms with E-state index in [4.69, 9.17) is 4.74 Å². The van der Waals surface area contributed by atoms with Crippen LogP contribution in [0.15, 0.2) is 97.1 Å². The van der Waals surface area contributed by atoms with Crippen LogP contribution in [0.1, 0.15) is 99.3 Å². The van der Waals surface area contributed by atoms with E-state index in [1.807, 2.05) is 36.4 Å². The summed E-state index contributed by atoms with van der Waals surface area (Å²) in [4.78, 5) is 22.6. The third-order valence-corrected chi connectivity index (χ3v) is 15.1. The molecule has 59 heavy (non-hydrogen) atoms. The van der Waals surface area contributed by atoms with Gasteiger partial charge in [-0.2, -0.15) is 0 Å². The van der Waals surface area contributed by atoms with Crippen molar-refractivity contribution < 1.29 is 28.9 Å². The standard InChI is InChI=1S/C27H30O3.C26H28O3/c1-29-25-9-8-23(22-6-3-18(4-7-22)5-10-26(28)30-2)14-24(25)27-15-19-11-20(16-27)13-21(12-19)17-27;1-29-25(28)9-4-17-2-5-21(6-3-17)22-7-8-24(27)23(13-22)26-14-18-10-19(15-26)12-20(11-18)16-26/h3-10,14,19-21H,11-13,15-17H2,1-2H3;2-9,13,18-20,27H,10-12,14-16H2,1H3. The zero-order valence-corrected chi connectivity index (χ0v) is 34.8. The van der Waals surface area contributed by atoms with Crippen LogP contribution in [0.3, 0.4) is 0 Å². The number of benzene rings is 4. The maximum atomic E-state index is 11.3. The predicted octanol–water partition coefficient (Wildman–Crippen LogP) is 11.7. The molecule has 8 fully saturated rings. The summed E-state index contributed by atoms with van der Waals surface area (Å²) in [7, 11) is 4.57. The molecule has 0 saturated heterocycles. The molecule has 8 aliphatic rings. The first-order chi connectivity index (χ1) is 28.6. The predicted molar refractivity (Wildman–Crippen MR) is 234 cm³/mol. The first kappa shape index (κ1) is 39.4. The molecule has 0 amide bonds. The van der Waals surface area contributed by atoms with Crippen molar-refractivity contribution in [3.63, 3.8) is 0 Å². The number of phenolic OH excluding ortho intramolecular Hbond substituents is 1. The monoisotopic (exact) mass is 790 g/mol. The summed E-state index contributed by atoms with van der Waals surface area (Å²) in [6, 6.07) is 29.4. The summed E-state index contributed by atoms with van der Waals surface area (Å²) in [5.74, 6) is 6.11. The van der Waals surface area contributed by atoms with Crippen molar-refractivity contribution in [3.8, 4) is 33.8 Å². The fraction of sp³-hybridized carbons (Fsp3) is 0.434. The van der Waals surface area contributed by atoms with Gasteiger partial charge in [0.2, 0.25) is 0 Å². The molecule has 0 aliphatic heterocycles. The molecule has 8 saturated carbocycles. The van der Waals surface area contributed by atoms with Gasteiger partial charge in [0.15, 0.2) is 0 Å². The molecular weight excluding hydrogens is 733 g/mol. The average Bonchev–Trinajstić information content (AvgIpc) is 3.24. The molecule has 4 aromatic carbocycles. The molecule has 0 atom stereocenters. The van der Waals surface area contributed by atoms with Crippen molar-refractivity contribution in [3.05, 3.63) is 119 Å². The van der Waals surface area contributed by atoms with Gasteiger partial charge in [-0.3, -0.25) is 0 Å². The van der Waals surface area contributed by atoms with Crippen LogP contribution in [0.5, 0.6) is 11.5 Å². The number of hydrogen-bond acceptors (Lipinski definition) is 6. The molecule has 8 aliphatic carbocycles. The van der Waals surface area contributed by atoms with Crippen molar-refractivity contribution in [2.45, 2.75) is 87.9 Å². The Hall–Kier alpha value is -5.10. The van der Waals surface area contributed by atoms with Gasteiger partial charge in [-0.1, -0.05) is 60.7 Å². The van der Waals surface area contributed by atoms with Crippen LogP contribution >= 0.6 is 0 Å². The second-order valence-corrected chi connectivity index (χ2v) is 19.0. The lowest BCUT2D eigenvalue weighted by molar-refractivity contribution is -0.135. The zero-order chi connectivity index (χ0) is 40.7. The molecule has 0 heterocycles. The summed E-state index contributed by atoms with van der Waals surface area (Å²) in [6.45, 7) is 0. The van der Waals surface area contributed by atoms with E-state index in [0.29, 0.717) is 11.2 Å². The molecule has 0 aromatic heterocycles. The van der Waals surface area contributed by atoms with Crippen LogP contribution in [0.25, 0.3) is 34.4 Å². The topological polar surface area (TPSA) is 82.1 Å². The lowest BCUT2D eigenvalue weighted by Crippen LogP contribution is -2.48. The van der Waals surface area contributed by atoms with E-state index in [2.05, 4.69) is 58.0 Å². The maximum Gasteiger partial charge on any atom is 0.330 e. The number of esters is 2. The van der Waals surface area contributed by atoms with Crippen LogP contribution in [0.4, 0.5) is 0 Å². The smallest absolute Gasteiger partial charge is 0.330 e. The number of aromatic hydroxyl groups is 1. The van der Waals surface area contributed by atoms with E-state index >= 15 is 0 Å². The fourth-order valence-electron chi connectivity index (χ4n) is 13.4. The Morgan fingerprint density at radius 3 is 1.25 bits per heavy atom. The summed E-state index contributed by atoms with van der Waals surface area (Å²) in [5.41, 5.74) is 9.74. The van der Waals surface area contributed by atoms with Crippen LogP contribution in [0.2, 0.25) is 0 Å². The summed E-state index contributed by atoms with van der Waals surface area (Å²) >= 11 is 0. The Balaban J connectivity index is 0.000000152. The molecule has 4 aromatic rings. The summed E-state index contributed by atoms with van der Waals surface area (Å²) in [6.07, 6.45) is 22.7. The molecule has 8 bridgehead atoms. The lowest BCUT2D eigenvalue weighted by Gasteiger charge is -2.57. The van der Waals surface area contributed by atoms with Gasteiger partial charge in [-0.05, 0) is 193 Å². The molecule has 0 radical (unpaired) electrons. The summed E-state index contributed by atoms with van der Waals surface area (Å²) < 4.78 is 15.2. The number of phenols is 1. The van der Waals surface area contributed by atoms with Crippen molar-refractivity contribution in [2.24, 2.45) is 35.5 Å². The Morgan fingerprint density at radius 1 is 0.508 bits per heavy atom. The van der Waals surface area contributed by atoms with E-state index in [9.17, 15) is 14.7 Å². The number of carbonyl (C=O) groups excluding carboxylic acids is 2. The van der Waals surface area contributed by atoms with E-state index in [1.165, 1.54) is 126 Å². The van der Waals surface area contributed by atoms with E-state index < -0.39 is 0 Å². The molecule has 6 nitrogen and oxygen atoms in total. The van der Waals surface area contributed by atoms with Gasteiger partial charge < -0.3 is 19.3 Å². The number of methoxy groups -OCH3 is 3. The highest BCUT2D eigenvalue weighted by Gasteiger charge is 2.53. The van der Waals surface area contributed by atoms with Crippen molar-refractivity contribution in [2.75, 3.05) is 21.3 Å². The highest BCUT2D eigenvalue weighted by molar-refractivity contribution is 5.87. The van der Waals surface area contributed by atoms with Crippen LogP contribution in [-0.4, -0.2) is 38.4 Å². The van der Waals surface area contributed by atoms with Crippen LogP contribution < -0.4 is 4.74 Å². The van der Waals surface area contributed by atoms with Crippen molar-refractivity contribution in [1.82, 2.24) is 0 Å². The number of carbonyl (C=O) groups is 2. The van der Waals surface area contributed by atoms with E-state index in [1.54, 1.807) is 19.3 Å². The van der Waals surface area contributed by atoms with Gasteiger partial charge in [-0.25, -0.2) is 9.59 Å². The van der Waals surface area contributed by atoms with E-state index in [0.717, 1.165) is 63.5 Å². The Kier molecular flexibility index (Phi) is 10.8. The minimum Gasteiger partial charge on any atom is -0.508 e. The van der Waals surface area contributed by atoms with Gasteiger partial charge in [0, 0.05) is 23.3 Å². The lowest BCUT2D eigenvalue weighted by atomic mass is 9.48. The molecule has 0 unspecified atom stereocenters. The molecule has 0 spiro atoms. The van der Waals surface area contributed by atoms with Crippen LogP contribution in [-0.2, 0) is 29.9 Å². The van der Waals surface area contributed by atoms with Crippen LogP contribution in [0, 0.1) is 35.5 Å². The molecule has 1 N–H and O–H groups in total. The quantitative estimate of drug-likeness (QED) is 0.134. The molecule has 6 heteroatoms. The Labute approximate surface area is 349 Å². The largest absolute Gasteiger partial charge is 0.508 e. The minimum absolute atomic E-state index is 0.179. The van der Waals surface area contributed by atoms with Gasteiger partial charge >= 0.3 is 11.9 Å². The third-order valence-electron chi connectivity index (χ3n) is 15.1. The maximum absolute atomic E-state index is 11.3. The molecule has 12 rings (SSSR count). The third kappa shape index (κ3) is 8.00. The molecular formula is C53H58O6. The van der Waals surface area contributed by atoms with Gasteiger partial charge in [0.05, 0.1) is 21.3 Å². The zero-order valence-electron chi connectivity index (χ0n) is 34.8. The Bertz CT molecular complexity index is 2170. The fourth-order valence-corrected chi connectivity index (χ4v) is 13.4. The second-order valence-electron chi connectivity index (χ2n) is 19.0. The van der Waals surface area contributed by atoms with Gasteiger partial charge in [-0.15, -0.1) is 0 Å². The highest BCUT2D eigenvalue weighted by atomic mass is 16.5. The first-order valence-electron chi connectivity index (χ1n) is 21.9. The van der Waals surface area contributed by atoms with Crippen molar-refractivity contribution >= 4 is 24.1 Å². The normalized spacial score (nSPS) is 29.7. The second kappa shape index (κ2) is 16.2. The summed E-state index contributed by atoms with van der Waals surface area (Å²) in [5, 5.41) is 10.8. The Morgan fingerprint density at radius 2 is 0.864 bits per heavy atom. The number of hydrogen-bond donors (Lipinski definition) is 1.